The predicted molar refractivity (Wildman–Crippen MR) is 118 cm³/mol. The Morgan fingerprint density at radius 2 is 1.78 bits per heavy atom. The van der Waals surface area contributed by atoms with Gasteiger partial charge in [-0.2, -0.15) is 8.78 Å². The highest BCUT2D eigenvalue weighted by atomic mass is 32.2. The molecule has 1 heterocycles. The summed E-state index contributed by atoms with van der Waals surface area (Å²) in [7, 11) is 0. The first-order chi connectivity index (χ1) is 15.4. The van der Waals surface area contributed by atoms with Crippen LogP contribution in [0.15, 0.2) is 59.1 Å². The first-order valence-corrected chi connectivity index (χ1v) is 10.8. The van der Waals surface area contributed by atoms with Crippen molar-refractivity contribution in [2.75, 3.05) is 22.1 Å². The van der Waals surface area contributed by atoms with Crippen LogP contribution in [0.25, 0.3) is 0 Å². The van der Waals surface area contributed by atoms with Crippen molar-refractivity contribution >= 4 is 35.1 Å². The zero-order valence-corrected chi connectivity index (χ0v) is 18.0. The van der Waals surface area contributed by atoms with Crippen LogP contribution in [0.4, 0.5) is 20.3 Å². The number of aryl methyl sites for hydroxylation is 1. The van der Waals surface area contributed by atoms with Crippen molar-refractivity contribution in [3.8, 4) is 5.75 Å². The summed E-state index contributed by atoms with van der Waals surface area (Å²) in [6.07, 6.45) is 0.364. The van der Waals surface area contributed by atoms with Crippen molar-refractivity contribution in [2.45, 2.75) is 20.0 Å². The van der Waals surface area contributed by atoms with Crippen LogP contribution in [0.1, 0.15) is 16.9 Å². The molecule has 7 nitrogen and oxygen atoms in total. The van der Waals surface area contributed by atoms with E-state index in [1.165, 1.54) is 12.1 Å². The number of nitrogens with zero attached hydrogens (tertiary/aromatic N) is 1. The van der Waals surface area contributed by atoms with Crippen LogP contribution >= 0.6 is 11.8 Å². The lowest BCUT2D eigenvalue weighted by molar-refractivity contribution is -0.114. The predicted octanol–water partition coefficient (Wildman–Crippen LogP) is 4.49. The monoisotopic (exact) mass is 461 g/mol. The molecule has 0 radical (unpaired) electrons. The standard InChI is InChI=1S/C22H21F2N3O4S/c1-14-9-19(27-31-14)26-21(29)13-32-12-20(28)25-17-7-8-18(30-22(23)24)16(11-17)10-15-5-3-2-4-6-15/h2-9,11,22H,10,12-13H2,1H3,(H,25,28)(H,26,27,29). The number of anilines is 2. The quantitative estimate of drug-likeness (QED) is 0.462. The summed E-state index contributed by atoms with van der Waals surface area (Å²) in [4.78, 5) is 24.1. The van der Waals surface area contributed by atoms with E-state index >= 15 is 0 Å². The van der Waals surface area contributed by atoms with E-state index in [2.05, 4.69) is 20.5 Å². The van der Waals surface area contributed by atoms with Crippen molar-refractivity contribution in [1.82, 2.24) is 5.16 Å². The Morgan fingerprint density at radius 3 is 2.44 bits per heavy atom. The fourth-order valence-electron chi connectivity index (χ4n) is 2.86. The van der Waals surface area contributed by atoms with E-state index < -0.39 is 6.61 Å². The third-order valence-corrected chi connectivity index (χ3v) is 5.09. The Bertz CT molecular complexity index is 1060. The molecule has 2 aromatic carbocycles. The first kappa shape index (κ1) is 23.3. The number of hydrogen-bond acceptors (Lipinski definition) is 6. The fourth-order valence-corrected chi connectivity index (χ4v) is 3.48. The van der Waals surface area contributed by atoms with Gasteiger partial charge in [0.1, 0.15) is 11.5 Å². The molecule has 0 spiro atoms. The SMILES string of the molecule is Cc1cc(NC(=O)CSCC(=O)Nc2ccc(OC(F)F)c(Cc3ccccc3)c2)no1. The number of ether oxygens (including phenoxy) is 1. The molecule has 0 aliphatic carbocycles. The zero-order valence-electron chi connectivity index (χ0n) is 17.1. The molecule has 0 fully saturated rings. The van der Waals surface area contributed by atoms with Gasteiger partial charge in [-0.15, -0.1) is 11.8 Å². The molecule has 2 N–H and O–H groups in total. The molecule has 0 aliphatic heterocycles. The molecule has 0 saturated carbocycles. The van der Waals surface area contributed by atoms with Crippen LogP contribution in [0, 0.1) is 6.92 Å². The van der Waals surface area contributed by atoms with E-state index in [0.29, 0.717) is 29.2 Å². The minimum atomic E-state index is -2.95. The lowest BCUT2D eigenvalue weighted by Gasteiger charge is -2.13. The van der Waals surface area contributed by atoms with Crippen molar-refractivity contribution in [2.24, 2.45) is 0 Å². The van der Waals surface area contributed by atoms with Gasteiger partial charge < -0.3 is 19.9 Å². The summed E-state index contributed by atoms with van der Waals surface area (Å²) >= 11 is 1.13. The van der Waals surface area contributed by atoms with Gasteiger partial charge in [0, 0.05) is 23.7 Å². The van der Waals surface area contributed by atoms with Crippen LogP contribution in [0.3, 0.4) is 0 Å². The van der Waals surface area contributed by atoms with Crippen LogP contribution < -0.4 is 15.4 Å². The molecule has 0 saturated heterocycles. The van der Waals surface area contributed by atoms with Crippen LogP contribution in [-0.2, 0) is 16.0 Å². The number of amides is 2. The van der Waals surface area contributed by atoms with Crippen molar-refractivity contribution in [3.05, 3.63) is 71.5 Å². The van der Waals surface area contributed by atoms with Gasteiger partial charge in [0.15, 0.2) is 5.82 Å². The fraction of sp³-hybridized carbons (Fsp3) is 0.227. The molecule has 0 bridgehead atoms. The molecule has 0 unspecified atom stereocenters. The summed E-state index contributed by atoms with van der Waals surface area (Å²) in [5.41, 5.74) is 1.88. The second-order valence-corrected chi connectivity index (χ2v) is 7.76. The van der Waals surface area contributed by atoms with E-state index in [-0.39, 0.29) is 29.1 Å². The number of thioether (sulfide) groups is 1. The van der Waals surface area contributed by atoms with E-state index in [4.69, 9.17) is 4.52 Å². The molecule has 3 rings (SSSR count). The Kier molecular flexibility index (Phi) is 8.20. The normalized spacial score (nSPS) is 10.8. The van der Waals surface area contributed by atoms with E-state index in [9.17, 15) is 18.4 Å². The van der Waals surface area contributed by atoms with Gasteiger partial charge in [-0.05, 0) is 30.7 Å². The summed E-state index contributed by atoms with van der Waals surface area (Å²) in [5, 5.41) is 8.95. The number of carbonyl (C=O) groups is 2. The summed E-state index contributed by atoms with van der Waals surface area (Å²) in [5.74, 6) is 0.395. The van der Waals surface area contributed by atoms with Crippen LogP contribution in [0.5, 0.6) is 5.75 Å². The maximum atomic E-state index is 12.8. The van der Waals surface area contributed by atoms with Gasteiger partial charge >= 0.3 is 6.61 Å². The molecule has 32 heavy (non-hydrogen) atoms. The van der Waals surface area contributed by atoms with Gasteiger partial charge in [0.05, 0.1) is 11.5 Å². The van der Waals surface area contributed by atoms with E-state index in [0.717, 1.165) is 17.3 Å². The molecular weight excluding hydrogens is 440 g/mol. The Balaban J connectivity index is 1.55. The van der Waals surface area contributed by atoms with Crippen LogP contribution in [0.2, 0.25) is 0 Å². The number of hydrogen-bond donors (Lipinski definition) is 2. The number of rotatable bonds is 10. The van der Waals surface area contributed by atoms with Gasteiger partial charge in [-0.3, -0.25) is 9.59 Å². The third kappa shape index (κ3) is 7.38. The number of halogens is 2. The average molecular weight is 461 g/mol. The summed E-state index contributed by atoms with van der Waals surface area (Å²) < 4.78 is 35.0. The van der Waals surface area contributed by atoms with Gasteiger partial charge in [0.25, 0.3) is 0 Å². The molecule has 168 valence electrons. The summed E-state index contributed by atoms with van der Waals surface area (Å²) in [6.45, 7) is -1.24. The third-order valence-electron chi connectivity index (χ3n) is 4.16. The van der Waals surface area contributed by atoms with Gasteiger partial charge in [0.2, 0.25) is 11.8 Å². The largest absolute Gasteiger partial charge is 0.435 e. The molecule has 1 aromatic heterocycles. The molecule has 3 aromatic rings. The number of alkyl halides is 2. The zero-order chi connectivity index (χ0) is 22.9. The highest BCUT2D eigenvalue weighted by molar-refractivity contribution is 8.00. The number of nitrogens with one attached hydrogen (secondary N) is 2. The highest BCUT2D eigenvalue weighted by Gasteiger charge is 2.13. The molecule has 10 heteroatoms. The lowest BCUT2D eigenvalue weighted by Crippen LogP contribution is -2.18. The van der Waals surface area contributed by atoms with Gasteiger partial charge in [-0.1, -0.05) is 35.5 Å². The molecule has 0 atom stereocenters. The topological polar surface area (TPSA) is 93.5 Å². The number of aromatic nitrogens is 1. The Morgan fingerprint density at radius 1 is 1.06 bits per heavy atom. The Labute approximate surface area is 187 Å². The Hall–Kier alpha value is -3.40. The number of carbonyl (C=O) groups excluding carboxylic acids is 2. The molecule has 2 amide bonds. The first-order valence-electron chi connectivity index (χ1n) is 9.61. The second-order valence-electron chi connectivity index (χ2n) is 6.78. The van der Waals surface area contributed by atoms with Crippen molar-refractivity contribution < 1.29 is 27.6 Å². The van der Waals surface area contributed by atoms with Crippen molar-refractivity contribution in [1.29, 1.82) is 0 Å². The van der Waals surface area contributed by atoms with Crippen molar-refractivity contribution in [3.63, 3.8) is 0 Å². The minimum Gasteiger partial charge on any atom is -0.435 e. The van der Waals surface area contributed by atoms with Crippen LogP contribution in [-0.4, -0.2) is 35.1 Å². The summed E-state index contributed by atoms with van der Waals surface area (Å²) in [6, 6.07) is 15.4. The maximum Gasteiger partial charge on any atom is 0.387 e. The smallest absolute Gasteiger partial charge is 0.387 e. The average Bonchev–Trinajstić information content (AvgIpc) is 3.15. The second kappa shape index (κ2) is 11.3. The van der Waals surface area contributed by atoms with E-state index in [1.807, 2.05) is 30.3 Å². The number of benzene rings is 2. The lowest BCUT2D eigenvalue weighted by atomic mass is 10.0. The van der Waals surface area contributed by atoms with E-state index in [1.54, 1.807) is 19.1 Å². The maximum absolute atomic E-state index is 12.8. The van der Waals surface area contributed by atoms with Gasteiger partial charge in [-0.25, -0.2) is 0 Å². The molecular formula is C22H21F2N3O4S. The highest BCUT2D eigenvalue weighted by Crippen LogP contribution is 2.27. The minimum absolute atomic E-state index is 0.0363. The molecule has 0 aliphatic rings.